The summed E-state index contributed by atoms with van der Waals surface area (Å²) in [6.45, 7) is 4.31. The molecule has 0 spiro atoms. The predicted octanol–water partition coefficient (Wildman–Crippen LogP) is 4.90. The fourth-order valence-corrected chi connectivity index (χ4v) is 4.60. The minimum absolute atomic E-state index is 0.0568. The molecule has 2 aromatic carbocycles. The second kappa shape index (κ2) is 11.2. The normalized spacial score (nSPS) is 11.7. The topological polar surface area (TPSA) is 102 Å². The third kappa shape index (κ3) is 5.84. The smallest absolute Gasteiger partial charge is 0.288 e. The molecule has 9 nitrogen and oxygen atoms in total. The van der Waals surface area contributed by atoms with Crippen LogP contribution in [0.3, 0.4) is 0 Å². The van der Waals surface area contributed by atoms with Crippen LogP contribution in [0.5, 0.6) is 11.5 Å². The molecule has 2 amide bonds. The number of carbonyl (C=O) groups is 2. The van der Waals surface area contributed by atoms with Gasteiger partial charge >= 0.3 is 0 Å². The first-order valence-corrected chi connectivity index (χ1v) is 12.1. The van der Waals surface area contributed by atoms with Crippen LogP contribution in [0.15, 0.2) is 66.6 Å². The summed E-state index contributed by atoms with van der Waals surface area (Å²) in [5, 5.41) is 13.1. The number of hydrogen-bond donors (Lipinski definition) is 0. The van der Waals surface area contributed by atoms with Gasteiger partial charge in [0, 0.05) is 29.6 Å². The molecule has 1 aliphatic rings. The summed E-state index contributed by atoms with van der Waals surface area (Å²) in [7, 11) is 0. The second-order valence-corrected chi connectivity index (χ2v) is 9.35. The monoisotopic (exact) mass is 527 g/mol. The molecular weight excluding hydrogens is 506 g/mol. The summed E-state index contributed by atoms with van der Waals surface area (Å²) in [5.74, 6) is 0.431. The van der Waals surface area contributed by atoms with E-state index in [2.05, 4.69) is 6.58 Å². The average molecular weight is 528 g/mol. The molecule has 0 N–H and O–H groups in total. The van der Waals surface area contributed by atoms with E-state index in [0.29, 0.717) is 18.0 Å². The molecule has 0 saturated heterocycles. The van der Waals surface area contributed by atoms with Gasteiger partial charge in [-0.15, -0.1) is 17.9 Å². The Morgan fingerprint density at radius 2 is 1.92 bits per heavy atom. The van der Waals surface area contributed by atoms with Gasteiger partial charge < -0.3 is 19.3 Å². The number of ether oxygens (including phenoxy) is 2. The molecule has 11 heteroatoms. The fraction of sp³-hybridized carbons (Fsp3) is 0.200. The summed E-state index contributed by atoms with van der Waals surface area (Å²) in [4.78, 5) is 41.2. The minimum Gasteiger partial charge on any atom is -0.454 e. The molecule has 0 radical (unpaired) electrons. The van der Waals surface area contributed by atoms with E-state index in [-0.39, 0.29) is 48.6 Å². The highest BCUT2D eigenvalue weighted by Crippen LogP contribution is 2.33. The molecule has 2 heterocycles. The first kappa shape index (κ1) is 25.2. The zero-order valence-corrected chi connectivity index (χ0v) is 20.7. The molecule has 1 aliphatic heterocycles. The van der Waals surface area contributed by atoms with Crippen molar-refractivity contribution in [3.05, 3.63) is 97.7 Å². The van der Waals surface area contributed by atoms with Gasteiger partial charge in [-0.3, -0.25) is 19.7 Å². The van der Waals surface area contributed by atoms with Crippen LogP contribution in [0.25, 0.3) is 0 Å². The Kier molecular flexibility index (Phi) is 7.87. The number of nitrogens with zero attached hydrogens (tertiary/aromatic N) is 3. The Hall–Kier alpha value is -3.89. The average Bonchev–Trinajstić information content (AvgIpc) is 3.54. The van der Waals surface area contributed by atoms with Gasteiger partial charge in [-0.05, 0) is 41.3 Å². The van der Waals surface area contributed by atoms with E-state index in [4.69, 9.17) is 21.1 Å². The highest BCUT2D eigenvalue weighted by Gasteiger charge is 2.25. The van der Waals surface area contributed by atoms with Crippen LogP contribution >= 0.6 is 22.9 Å². The number of carbonyl (C=O) groups excluding carboxylic acids is 2. The van der Waals surface area contributed by atoms with E-state index >= 15 is 0 Å². The number of hydrogen-bond acceptors (Lipinski definition) is 7. The van der Waals surface area contributed by atoms with Crippen molar-refractivity contribution in [3.63, 3.8) is 0 Å². The van der Waals surface area contributed by atoms with Crippen LogP contribution in [0.2, 0.25) is 5.02 Å². The lowest BCUT2D eigenvalue weighted by Crippen LogP contribution is -2.42. The van der Waals surface area contributed by atoms with Crippen molar-refractivity contribution in [2.45, 2.75) is 13.1 Å². The van der Waals surface area contributed by atoms with E-state index in [0.717, 1.165) is 16.5 Å². The first-order chi connectivity index (χ1) is 17.4. The lowest BCUT2D eigenvalue weighted by atomic mass is 10.1. The van der Waals surface area contributed by atoms with Crippen molar-refractivity contribution in [1.29, 1.82) is 0 Å². The quantitative estimate of drug-likeness (QED) is 0.211. The minimum atomic E-state index is -0.657. The largest absolute Gasteiger partial charge is 0.454 e. The summed E-state index contributed by atoms with van der Waals surface area (Å²) >= 11 is 7.41. The van der Waals surface area contributed by atoms with E-state index in [9.17, 15) is 19.7 Å². The predicted molar refractivity (Wildman–Crippen MR) is 135 cm³/mol. The summed E-state index contributed by atoms with van der Waals surface area (Å²) < 4.78 is 10.8. The summed E-state index contributed by atoms with van der Waals surface area (Å²) in [5.41, 5.74) is 0.523. The molecule has 0 unspecified atom stereocenters. The fourth-order valence-electron chi connectivity index (χ4n) is 3.69. The lowest BCUT2D eigenvalue weighted by Gasteiger charge is -2.27. The Morgan fingerprint density at radius 3 is 2.64 bits per heavy atom. The van der Waals surface area contributed by atoms with Crippen LogP contribution in [0.4, 0.5) is 5.69 Å². The Morgan fingerprint density at radius 1 is 1.11 bits per heavy atom. The van der Waals surface area contributed by atoms with Crippen LogP contribution in [-0.2, 0) is 17.9 Å². The van der Waals surface area contributed by atoms with Gasteiger partial charge in [0.1, 0.15) is 11.6 Å². The highest BCUT2D eigenvalue weighted by molar-refractivity contribution is 7.09. The van der Waals surface area contributed by atoms with Crippen LogP contribution in [0.1, 0.15) is 20.8 Å². The number of benzene rings is 2. The maximum Gasteiger partial charge on any atom is 0.288 e. The molecule has 0 saturated carbocycles. The molecular formula is C25H22ClN3O6S. The molecule has 3 aromatic rings. The number of fused-ring (bicyclic) bond motifs is 1. The summed E-state index contributed by atoms with van der Waals surface area (Å²) in [6, 6.07) is 13.1. The number of thiophene rings is 1. The van der Waals surface area contributed by atoms with Gasteiger partial charge in [0.15, 0.2) is 11.5 Å². The van der Waals surface area contributed by atoms with E-state index in [1.165, 1.54) is 34.4 Å². The molecule has 0 bridgehead atoms. The first-order valence-electron chi connectivity index (χ1n) is 10.9. The molecule has 0 fully saturated rings. The Bertz CT molecular complexity index is 1300. The second-order valence-electron chi connectivity index (χ2n) is 7.91. The van der Waals surface area contributed by atoms with Gasteiger partial charge in [-0.1, -0.05) is 29.8 Å². The molecule has 36 heavy (non-hydrogen) atoms. The van der Waals surface area contributed by atoms with Crippen molar-refractivity contribution in [1.82, 2.24) is 9.80 Å². The van der Waals surface area contributed by atoms with Crippen molar-refractivity contribution in [2.24, 2.45) is 0 Å². The lowest BCUT2D eigenvalue weighted by molar-refractivity contribution is -0.384. The van der Waals surface area contributed by atoms with Gasteiger partial charge in [-0.25, -0.2) is 0 Å². The molecule has 186 valence electrons. The standard InChI is InChI=1S/C25H22ClN3O6S/c1-2-9-27(25(31)18-6-7-20(26)21(12-18)29(32)33)15-24(30)28(14-19-4-3-10-36-19)13-17-5-8-22-23(11-17)35-16-34-22/h2-8,10-12H,1,9,13-16H2. The van der Waals surface area contributed by atoms with Crippen molar-refractivity contribution in [3.8, 4) is 11.5 Å². The van der Waals surface area contributed by atoms with Crippen LogP contribution in [-0.4, -0.2) is 46.4 Å². The third-order valence-corrected chi connectivity index (χ3v) is 6.62. The van der Waals surface area contributed by atoms with E-state index < -0.39 is 10.8 Å². The molecule has 1 aromatic heterocycles. The SMILES string of the molecule is C=CCN(CC(=O)N(Cc1ccc2c(c1)OCO2)Cc1cccs1)C(=O)c1ccc(Cl)c([N+](=O)[O-])c1. The van der Waals surface area contributed by atoms with E-state index in [1.54, 1.807) is 11.0 Å². The summed E-state index contributed by atoms with van der Waals surface area (Å²) in [6.07, 6.45) is 1.50. The van der Waals surface area contributed by atoms with Gasteiger partial charge in [0.2, 0.25) is 12.7 Å². The van der Waals surface area contributed by atoms with Crippen LogP contribution < -0.4 is 9.47 Å². The third-order valence-electron chi connectivity index (χ3n) is 5.44. The van der Waals surface area contributed by atoms with Gasteiger partial charge in [-0.2, -0.15) is 0 Å². The molecule has 4 rings (SSSR count). The van der Waals surface area contributed by atoms with Crippen molar-refractivity contribution in [2.75, 3.05) is 19.9 Å². The van der Waals surface area contributed by atoms with Gasteiger partial charge in [0.25, 0.3) is 11.6 Å². The number of nitro benzene ring substituents is 1. The number of nitro groups is 1. The zero-order chi connectivity index (χ0) is 25.7. The number of halogens is 1. The molecule has 0 atom stereocenters. The maximum atomic E-state index is 13.5. The van der Waals surface area contributed by atoms with Crippen molar-refractivity contribution >= 4 is 40.4 Å². The number of amides is 2. The van der Waals surface area contributed by atoms with E-state index in [1.807, 2.05) is 29.6 Å². The number of rotatable bonds is 10. The van der Waals surface area contributed by atoms with Gasteiger partial charge in [0.05, 0.1) is 11.5 Å². The van der Waals surface area contributed by atoms with Crippen LogP contribution in [0, 0.1) is 10.1 Å². The highest BCUT2D eigenvalue weighted by atomic mass is 35.5. The zero-order valence-electron chi connectivity index (χ0n) is 19.1. The maximum absolute atomic E-state index is 13.5. The molecule has 0 aliphatic carbocycles. The van der Waals surface area contributed by atoms with Crippen molar-refractivity contribution < 1.29 is 24.0 Å². The Balaban J connectivity index is 1.55. The Labute approximate surface area is 216 Å².